The van der Waals surface area contributed by atoms with E-state index < -0.39 is 23.5 Å². The van der Waals surface area contributed by atoms with Crippen molar-refractivity contribution in [1.82, 2.24) is 4.90 Å². The molecule has 1 atom stereocenters. The Balaban J connectivity index is 2.31. The van der Waals surface area contributed by atoms with E-state index in [9.17, 15) is 22.4 Å². The summed E-state index contributed by atoms with van der Waals surface area (Å²) in [4.78, 5) is 13.8. The third-order valence-electron chi connectivity index (χ3n) is 3.48. The fourth-order valence-corrected chi connectivity index (χ4v) is 2.30. The summed E-state index contributed by atoms with van der Waals surface area (Å²) in [6.45, 7) is 2.88. The molecule has 1 aliphatic heterocycles. The lowest BCUT2D eigenvalue weighted by atomic mass is 10.1. The van der Waals surface area contributed by atoms with Gasteiger partial charge in [-0.15, -0.1) is 0 Å². The quantitative estimate of drug-likeness (QED) is 0.786. The normalized spacial score (nSPS) is 19.7. The first-order chi connectivity index (χ1) is 9.84. The molecule has 21 heavy (non-hydrogen) atoms. The van der Waals surface area contributed by atoms with Gasteiger partial charge in [0.25, 0.3) is 5.91 Å². The molecule has 1 saturated heterocycles. The maximum absolute atomic E-state index is 13.2. The van der Waals surface area contributed by atoms with Crippen LogP contribution in [0.1, 0.15) is 29.3 Å². The van der Waals surface area contributed by atoms with Gasteiger partial charge in [-0.1, -0.05) is 6.92 Å². The molecule has 0 aromatic heterocycles. The number of rotatable bonds is 2. The second kappa shape index (κ2) is 6.01. The van der Waals surface area contributed by atoms with Crippen molar-refractivity contribution >= 4 is 5.91 Å². The molecule has 1 aromatic rings. The Morgan fingerprint density at radius 2 is 2.14 bits per heavy atom. The van der Waals surface area contributed by atoms with E-state index in [1.54, 1.807) is 0 Å². The number of hydrogen-bond acceptors (Lipinski definition) is 2. The van der Waals surface area contributed by atoms with Crippen LogP contribution in [0.25, 0.3) is 0 Å². The number of carbonyl (C=O) groups excluding carboxylic acids is 1. The Morgan fingerprint density at radius 1 is 1.43 bits per heavy atom. The van der Waals surface area contributed by atoms with Gasteiger partial charge in [0.1, 0.15) is 5.82 Å². The summed E-state index contributed by atoms with van der Waals surface area (Å²) in [6, 6.07) is 2.15. The summed E-state index contributed by atoms with van der Waals surface area (Å²) in [5.41, 5.74) is -1.58. The van der Waals surface area contributed by atoms with Crippen LogP contribution in [0.4, 0.5) is 17.6 Å². The van der Waals surface area contributed by atoms with Gasteiger partial charge in [-0.05, 0) is 24.6 Å². The summed E-state index contributed by atoms with van der Waals surface area (Å²) in [7, 11) is 0. The monoisotopic (exact) mass is 305 g/mol. The van der Waals surface area contributed by atoms with Crippen molar-refractivity contribution in [3.05, 3.63) is 35.1 Å². The molecule has 0 radical (unpaired) electrons. The number of nitrogens with zero attached hydrogens (tertiary/aromatic N) is 1. The predicted octanol–water partition coefficient (Wildman–Crippen LogP) is 3.10. The zero-order valence-electron chi connectivity index (χ0n) is 11.4. The van der Waals surface area contributed by atoms with Crippen LogP contribution < -0.4 is 0 Å². The van der Waals surface area contributed by atoms with Crippen LogP contribution >= 0.6 is 0 Å². The zero-order chi connectivity index (χ0) is 15.6. The number of amides is 1. The van der Waals surface area contributed by atoms with Gasteiger partial charge in [-0.3, -0.25) is 4.79 Å². The summed E-state index contributed by atoms with van der Waals surface area (Å²) >= 11 is 0. The van der Waals surface area contributed by atoms with Crippen LogP contribution in [0.3, 0.4) is 0 Å². The van der Waals surface area contributed by atoms with E-state index in [1.807, 2.05) is 6.92 Å². The molecule has 0 aliphatic carbocycles. The average molecular weight is 305 g/mol. The van der Waals surface area contributed by atoms with Gasteiger partial charge >= 0.3 is 6.18 Å². The number of ether oxygens (including phenoxy) is 1. The Bertz CT molecular complexity index is 530. The van der Waals surface area contributed by atoms with E-state index in [0.29, 0.717) is 38.3 Å². The number of hydrogen-bond donors (Lipinski definition) is 0. The Morgan fingerprint density at radius 3 is 2.76 bits per heavy atom. The molecular weight excluding hydrogens is 290 g/mol. The van der Waals surface area contributed by atoms with Crippen LogP contribution in [0.5, 0.6) is 0 Å². The standard InChI is InChI=1S/C14H15F4NO2/c1-2-10-8-21-6-5-19(10)13(20)9-3-4-12(15)11(7-9)14(16,17)18/h3-4,7,10H,2,5-6,8H2,1H3. The maximum Gasteiger partial charge on any atom is 0.419 e. The summed E-state index contributed by atoms with van der Waals surface area (Å²) < 4.78 is 56.6. The number of carbonyl (C=O) groups is 1. The third-order valence-corrected chi connectivity index (χ3v) is 3.48. The van der Waals surface area contributed by atoms with Gasteiger partial charge in [0, 0.05) is 12.1 Å². The molecule has 1 aliphatic rings. The van der Waals surface area contributed by atoms with Gasteiger partial charge < -0.3 is 9.64 Å². The molecule has 0 spiro atoms. The van der Waals surface area contributed by atoms with Crippen molar-refractivity contribution in [2.75, 3.05) is 19.8 Å². The topological polar surface area (TPSA) is 29.5 Å². The van der Waals surface area contributed by atoms with Gasteiger partial charge in [0.15, 0.2) is 0 Å². The smallest absolute Gasteiger partial charge is 0.377 e. The molecule has 116 valence electrons. The maximum atomic E-state index is 13.2. The van der Waals surface area contributed by atoms with Crippen molar-refractivity contribution in [1.29, 1.82) is 0 Å². The largest absolute Gasteiger partial charge is 0.419 e. The van der Waals surface area contributed by atoms with Crippen LogP contribution in [0, 0.1) is 5.82 Å². The summed E-state index contributed by atoms with van der Waals surface area (Å²) in [5, 5.41) is 0. The molecule has 0 bridgehead atoms. The van der Waals surface area contributed by atoms with Gasteiger partial charge in [0.05, 0.1) is 24.8 Å². The number of alkyl halides is 3. The number of morpholine rings is 1. The number of benzene rings is 1. The lowest BCUT2D eigenvalue weighted by Crippen LogP contribution is -2.48. The molecule has 1 heterocycles. The Kier molecular flexibility index (Phi) is 4.51. The highest BCUT2D eigenvalue weighted by molar-refractivity contribution is 5.94. The van der Waals surface area contributed by atoms with E-state index >= 15 is 0 Å². The second-order valence-electron chi connectivity index (χ2n) is 4.83. The number of halogens is 4. The molecule has 3 nitrogen and oxygen atoms in total. The van der Waals surface area contributed by atoms with Crippen molar-refractivity contribution in [3.63, 3.8) is 0 Å². The first kappa shape index (κ1) is 15.8. The Hall–Kier alpha value is -1.63. The molecule has 1 unspecified atom stereocenters. The van der Waals surface area contributed by atoms with E-state index in [2.05, 4.69) is 0 Å². The van der Waals surface area contributed by atoms with Crippen molar-refractivity contribution < 1.29 is 27.1 Å². The molecule has 1 aromatic carbocycles. The highest BCUT2D eigenvalue weighted by Gasteiger charge is 2.35. The SMILES string of the molecule is CCC1COCCN1C(=O)c1ccc(F)c(C(F)(F)F)c1. The van der Waals surface area contributed by atoms with Crippen LogP contribution in [0.2, 0.25) is 0 Å². The first-order valence-electron chi connectivity index (χ1n) is 6.60. The minimum atomic E-state index is -4.82. The first-order valence-corrected chi connectivity index (χ1v) is 6.60. The molecule has 1 amide bonds. The second-order valence-corrected chi connectivity index (χ2v) is 4.83. The van der Waals surface area contributed by atoms with E-state index in [-0.39, 0.29) is 11.6 Å². The van der Waals surface area contributed by atoms with E-state index in [4.69, 9.17) is 4.74 Å². The lowest BCUT2D eigenvalue weighted by Gasteiger charge is -2.35. The van der Waals surface area contributed by atoms with Crippen molar-refractivity contribution in [2.45, 2.75) is 25.6 Å². The highest BCUT2D eigenvalue weighted by atomic mass is 19.4. The highest BCUT2D eigenvalue weighted by Crippen LogP contribution is 2.32. The van der Waals surface area contributed by atoms with Crippen molar-refractivity contribution in [2.24, 2.45) is 0 Å². The molecule has 2 rings (SSSR count). The lowest BCUT2D eigenvalue weighted by molar-refractivity contribution is -0.140. The predicted molar refractivity (Wildman–Crippen MR) is 67.3 cm³/mol. The summed E-state index contributed by atoms with van der Waals surface area (Å²) in [5.74, 6) is -1.91. The molecule has 7 heteroatoms. The Labute approximate surface area is 119 Å². The molecule has 1 fully saturated rings. The minimum Gasteiger partial charge on any atom is -0.377 e. The van der Waals surface area contributed by atoms with Crippen LogP contribution in [-0.2, 0) is 10.9 Å². The van der Waals surface area contributed by atoms with E-state index in [1.165, 1.54) is 4.90 Å². The van der Waals surface area contributed by atoms with Gasteiger partial charge in [0.2, 0.25) is 0 Å². The van der Waals surface area contributed by atoms with E-state index in [0.717, 1.165) is 6.07 Å². The molecular formula is C14H15F4NO2. The van der Waals surface area contributed by atoms with Gasteiger partial charge in [-0.25, -0.2) is 4.39 Å². The van der Waals surface area contributed by atoms with Crippen LogP contribution in [-0.4, -0.2) is 36.6 Å². The van der Waals surface area contributed by atoms with Crippen LogP contribution in [0.15, 0.2) is 18.2 Å². The summed E-state index contributed by atoms with van der Waals surface area (Å²) in [6.07, 6.45) is -4.19. The minimum absolute atomic E-state index is 0.163. The molecule has 0 saturated carbocycles. The fraction of sp³-hybridized carbons (Fsp3) is 0.500. The third kappa shape index (κ3) is 3.34. The molecule has 0 N–H and O–H groups in total. The average Bonchev–Trinajstić information content (AvgIpc) is 2.45. The van der Waals surface area contributed by atoms with Gasteiger partial charge in [-0.2, -0.15) is 13.2 Å². The fourth-order valence-electron chi connectivity index (χ4n) is 2.30. The van der Waals surface area contributed by atoms with Crippen molar-refractivity contribution in [3.8, 4) is 0 Å². The zero-order valence-corrected chi connectivity index (χ0v) is 11.4.